The summed E-state index contributed by atoms with van der Waals surface area (Å²) in [6.45, 7) is 5.46. The molecule has 5 nitrogen and oxygen atoms in total. The van der Waals surface area contributed by atoms with Crippen LogP contribution in [0.1, 0.15) is 25.3 Å². The predicted molar refractivity (Wildman–Crippen MR) is 86.3 cm³/mol. The predicted octanol–water partition coefficient (Wildman–Crippen LogP) is 2.09. The number of nitrogens with two attached hydrogens (primary N) is 1. The quantitative estimate of drug-likeness (QED) is 0.896. The number of urea groups is 1. The summed E-state index contributed by atoms with van der Waals surface area (Å²) in [5.74, 6) is 0. The van der Waals surface area contributed by atoms with E-state index in [0.717, 1.165) is 43.7 Å². The van der Waals surface area contributed by atoms with Crippen molar-refractivity contribution in [2.75, 3.05) is 32.0 Å². The van der Waals surface area contributed by atoms with E-state index in [0.29, 0.717) is 6.54 Å². The Labute approximate surface area is 127 Å². The van der Waals surface area contributed by atoms with Crippen LogP contribution in [-0.4, -0.2) is 48.6 Å². The van der Waals surface area contributed by atoms with Crippen LogP contribution in [0.5, 0.6) is 0 Å². The lowest BCUT2D eigenvalue weighted by Crippen LogP contribution is -2.45. The van der Waals surface area contributed by atoms with Gasteiger partial charge in [-0.3, -0.25) is 0 Å². The number of rotatable bonds is 3. The van der Waals surface area contributed by atoms with Gasteiger partial charge in [0.25, 0.3) is 0 Å². The van der Waals surface area contributed by atoms with Gasteiger partial charge in [-0.1, -0.05) is 19.1 Å². The zero-order valence-electron chi connectivity index (χ0n) is 13.0. The molecule has 0 spiro atoms. The van der Waals surface area contributed by atoms with Crippen LogP contribution < -0.4 is 11.1 Å². The van der Waals surface area contributed by atoms with Crippen LogP contribution in [0.3, 0.4) is 0 Å². The van der Waals surface area contributed by atoms with E-state index in [9.17, 15) is 4.79 Å². The maximum atomic E-state index is 12.5. The lowest BCUT2D eigenvalue weighted by atomic mass is 10.2. The van der Waals surface area contributed by atoms with E-state index in [1.54, 1.807) is 0 Å². The molecule has 1 aliphatic heterocycles. The van der Waals surface area contributed by atoms with Crippen LogP contribution in [-0.2, 0) is 6.54 Å². The maximum Gasteiger partial charge on any atom is 0.322 e. The normalized spacial score (nSPS) is 20.1. The van der Waals surface area contributed by atoms with Crippen molar-refractivity contribution in [1.29, 1.82) is 0 Å². The van der Waals surface area contributed by atoms with Crippen molar-refractivity contribution in [2.24, 2.45) is 5.73 Å². The van der Waals surface area contributed by atoms with E-state index >= 15 is 0 Å². The Bertz CT molecular complexity index is 460. The molecule has 1 unspecified atom stereocenters. The van der Waals surface area contributed by atoms with Crippen LogP contribution >= 0.6 is 0 Å². The summed E-state index contributed by atoms with van der Waals surface area (Å²) in [7, 11) is 2.12. The first kappa shape index (κ1) is 15.8. The van der Waals surface area contributed by atoms with E-state index in [2.05, 4.69) is 24.2 Å². The summed E-state index contributed by atoms with van der Waals surface area (Å²) in [4.78, 5) is 16.8. The van der Waals surface area contributed by atoms with Gasteiger partial charge in [0.15, 0.2) is 0 Å². The van der Waals surface area contributed by atoms with Gasteiger partial charge in [0, 0.05) is 31.4 Å². The summed E-state index contributed by atoms with van der Waals surface area (Å²) in [6.07, 6.45) is 2.00. The number of benzene rings is 1. The fraction of sp³-hybridized carbons (Fsp3) is 0.562. The third-order valence-corrected chi connectivity index (χ3v) is 4.08. The average molecular weight is 290 g/mol. The fourth-order valence-electron chi connectivity index (χ4n) is 2.78. The van der Waals surface area contributed by atoms with Gasteiger partial charge in [-0.2, -0.15) is 0 Å². The molecular weight excluding hydrogens is 264 g/mol. The number of carbonyl (C=O) groups excluding carboxylic acids is 1. The van der Waals surface area contributed by atoms with Gasteiger partial charge >= 0.3 is 6.03 Å². The Balaban J connectivity index is 2.02. The Morgan fingerprint density at radius 3 is 2.67 bits per heavy atom. The van der Waals surface area contributed by atoms with Crippen LogP contribution in [0.15, 0.2) is 24.3 Å². The van der Waals surface area contributed by atoms with E-state index in [1.807, 2.05) is 29.2 Å². The van der Waals surface area contributed by atoms with E-state index < -0.39 is 0 Å². The highest BCUT2D eigenvalue weighted by Gasteiger charge is 2.25. The van der Waals surface area contributed by atoms with Gasteiger partial charge in [0.1, 0.15) is 0 Å². The minimum Gasteiger partial charge on any atom is -0.326 e. The number of likely N-dealkylation sites (N-methyl/N-ethyl adjacent to an activating group) is 1. The van der Waals surface area contributed by atoms with Crippen molar-refractivity contribution in [3.63, 3.8) is 0 Å². The number of hydrogen-bond donors (Lipinski definition) is 2. The molecule has 0 aromatic heterocycles. The van der Waals surface area contributed by atoms with Crippen LogP contribution in [0.25, 0.3) is 0 Å². The number of amides is 2. The monoisotopic (exact) mass is 290 g/mol. The molecule has 1 aliphatic rings. The van der Waals surface area contributed by atoms with E-state index in [1.165, 1.54) is 0 Å². The molecule has 2 rings (SSSR count). The Morgan fingerprint density at radius 2 is 2.05 bits per heavy atom. The van der Waals surface area contributed by atoms with Crippen LogP contribution in [0.2, 0.25) is 0 Å². The molecule has 3 N–H and O–H groups in total. The zero-order chi connectivity index (χ0) is 15.2. The minimum absolute atomic E-state index is 0.00218. The van der Waals surface area contributed by atoms with Gasteiger partial charge in [0.05, 0.1) is 0 Å². The standard InChI is InChI=1S/C16H26N4O/c1-3-15-12-19(2)9-4-10-20(15)16(21)18-14-7-5-13(11-17)6-8-14/h5-8,15H,3-4,9-12,17H2,1-2H3,(H,18,21). The molecule has 0 aliphatic carbocycles. The lowest BCUT2D eigenvalue weighted by molar-refractivity contribution is 0.182. The molecule has 2 amide bonds. The molecule has 0 bridgehead atoms. The van der Waals surface area contributed by atoms with Crippen LogP contribution in [0.4, 0.5) is 10.5 Å². The highest BCUT2D eigenvalue weighted by Crippen LogP contribution is 2.15. The summed E-state index contributed by atoms with van der Waals surface area (Å²) in [5.41, 5.74) is 7.47. The minimum atomic E-state index is -0.00218. The van der Waals surface area contributed by atoms with Crippen molar-refractivity contribution in [2.45, 2.75) is 32.4 Å². The number of anilines is 1. The van der Waals surface area contributed by atoms with Gasteiger partial charge in [-0.05, 0) is 44.1 Å². The molecule has 0 saturated carbocycles. The summed E-state index contributed by atoms with van der Waals surface area (Å²) in [5, 5.41) is 3.00. The van der Waals surface area contributed by atoms with Gasteiger partial charge < -0.3 is 20.9 Å². The third-order valence-electron chi connectivity index (χ3n) is 4.08. The van der Waals surface area contributed by atoms with Crippen molar-refractivity contribution in [1.82, 2.24) is 9.80 Å². The molecule has 21 heavy (non-hydrogen) atoms. The lowest BCUT2D eigenvalue weighted by Gasteiger charge is -2.30. The molecule has 116 valence electrons. The van der Waals surface area contributed by atoms with Crippen molar-refractivity contribution in [3.05, 3.63) is 29.8 Å². The largest absolute Gasteiger partial charge is 0.326 e. The van der Waals surface area contributed by atoms with E-state index in [4.69, 9.17) is 5.73 Å². The van der Waals surface area contributed by atoms with Gasteiger partial charge in [-0.25, -0.2) is 4.79 Å². The average Bonchev–Trinajstić information content (AvgIpc) is 2.69. The first-order valence-electron chi connectivity index (χ1n) is 7.69. The second-order valence-corrected chi connectivity index (χ2v) is 5.70. The number of hydrogen-bond acceptors (Lipinski definition) is 3. The summed E-state index contributed by atoms with van der Waals surface area (Å²) in [6, 6.07) is 7.99. The second-order valence-electron chi connectivity index (χ2n) is 5.70. The number of nitrogens with one attached hydrogen (secondary N) is 1. The van der Waals surface area contributed by atoms with Gasteiger partial charge in [0.2, 0.25) is 0 Å². The van der Waals surface area contributed by atoms with Crippen LogP contribution in [0, 0.1) is 0 Å². The molecule has 1 heterocycles. The number of nitrogens with zero attached hydrogens (tertiary/aromatic N) is 2. The first-order valence-corrected chi connectivity index (χ1v) is 7.69. The molecule has 1 aromatic rings. The topological polar surface area (TPSA) is 61.6 Å². The van der Waals surface area contributed by atoms with Crippen molar-refractivity contribution >= 4 is 11.7 Å². The SMILES string of the molecule is CCC1CN(C)CCCN1C(=O)Nc1ccc(CN)cc1. The van der Waals surface area contributed by atoms with Crippen molar-refractivity contribution < 1.29 is 4.79 Å². The molecule has 1 fully saturated rings. The second kappa shape index (κ2) is 7.43. The maximum absolute atomic E-state index is 12.5. The number of carbonyl (C=O) groups is 1. The fourth-order valence-corrected chi connectivity index (χ4v) is 2.78. The summed E-state index contributed by atoms with van der Waals surface area (Å²) >= 11 is 0. The zero-order valence-corrected chi connectivity index (χ0v) is 13.0. The molecule has 1 atom stereocenters. The molecule has 1 saturated heterocycles. The smallest absolute Gasteiger partial charge is 0.322 e. The Kier molecular flexibility index (Phi) is 5.59. The Morgan fingerprint density at radius 1 is 1.33 bits per heavy atom. The highest BCUT2D eigenvalue weighted by atomic mass is 16.2. The van der Waals surface area contributed by atoms with E-state index in [-0.39, 0.29) is 12.1 Å². The highest BCUT2D eigenvalue weighted by molar-refractivity contribution is 5.89. The Hall–Kier alpha value is -1.59. The molecule has 0 radical (unpaired) electrons. The van der Waals surface area contributed by atoms with Crippen molar-refractivity contribution in [3.8, 4) is 0 Å². The molecule has 1 aromatic carbocycles. The molecule has 5 heteroatoms. The van der Waals surface area contributed by atoms with Gasteiger partial charge in [-0.15, -0.1) is 0 Å². The molecular formula is C16H26N4O. The third kappa shape index (κ3) is 4.19. The first-order chi connectivity index (χ1) is 10.1. The summed E-state index contributed by atoms with van der Waals surface area (Å²) < 4.78 is 0.